The SMILES string of the molecule is C=CCCC(CC=C)(CC=C)CCCC(F)(F)COCC(F)(F)OC(F)(F)CC(F)(F)COCC(F)(F)OC(F)(F)F. The third-order valence-electron chi connectivity index (χ3n) is 5.48. The molecule has 4 nitrogen and oxygen atoms in total. The van der Waals surface area contributed by atoms with Gasteiger partial charge in [0.05, 0.1) is 0 Å². The first-order valence-electron chi connectivity index (χ1n) is 12.3. The molecule has 0 amide bonds. The highest BCUT2D eigenvalue weighted by atomic mass is 19.4. The number of rotatable bonds is 24. The minimum absolute atomic E-state index is 0.0778. The Hall–Kier alpha value is -1.85. The van der Waals surface area contributed by atoms with Gasteiger partial charge in [0.2, 0.25) is 0 Å². The lowest BCUT2D eigenvalue weighted by molar-refractivity contribution is -0.432. The molecule has 0 aliphatic rings. The summed E-state index contributed by atoms with van der Waals surface area (Å²) in [4.78, 5) is 0. The van der Waals surface area contributed by atoms with Gasteiger partial charge >= 0.3 is 24.7 Å². The average molecular weight is 645 g/mol. The van der Waals surface area contributed by atoms with Gasteiger partial charge in [-0.05, 0) is 43.9 Å². The van der Waals surface area contributed by atoms with Crippen LogP contribution in [0.1, 0.15) is 51.4 Å². The summed E-state index contributed by atoms with van der Waals surface area (Å²) in [6.07, 6.45) is -17.9. The molecular formula is C25H33F13O4. The number of allylic oxidation sites excluding steroid dienone is 3. The molecule has 0 aromatic rings. The third-order valence-corrected chi connectivity index (χ3v) is 5.48. The summed E-state index contributed by atoms with van der Waals surface area (Å²) in [5.41, 5.74) is -0.439. The van der Waals surface area contributed by atoms with Gasteiger partial charge in [0.1, 0.15) is 32.8 Å². The van der Waals surface area contributed by atoms with Gasteiger partial charge in [-0.1, -0.05) is 18.2 Å². The van der Waals surface area contributed by atoms with Gasteiger partial charge in [-0.15, -0.1) is 32.9 Å². The molecule has 0 heterocycles. The van der Waals surface area contributed by atoms with Crippen molar-refractivity contribution in [1.29, 1.82) is 0 Å². The molecule has 42 heavy (non-hydrogen) atoms. The Morgan fingerprint density at radius 2 is 0.976 bits per heavy atom. The smallest absolute Gasteiger partial charge is 0.366 e. The first-order valence-corrected chi connectivity index (χ1v) is 12.3. The van der Waals surface area contributed by atoms with Crippen molar-refractivity contribution in [1.82, 2.24) is 0 Å². The van der Waals surface area contributed by atoms with Crippen molar-refractivity contribution in [2.24, 2.45) is 5.41 Å². The Labute approximate surface area is 234 Å². The molecule has 0 fully saturated rings. The maximum absolute atomic E-state index is 14.2. The summed E-state index contributed by atoms with van der Waals surface area (Å²) in [7, 11) is 0. The van der Waals surface area contributed by atoms with Gasteiger partial charge in [-0.2, -0.15) is 26.3 Å². The van der Waals surface area contributed by atoms with E-state index in [1.165, 1.54) is 0 Å². The maximum atomic E-state index is 14.2. The summed E-state index contributed by atoms with van der Waals surface area (Å²) >= 11 is 0. The van der Waals surface area contributed by atoms with E-state index in [1.54, 1.807) is 18.2 Å². The monoisotopic (exact) mass is 644 g/mol. The van der Waals surface area contributed by atoms with E-state index in [1.807, 2.05) is 0 Å². The quantitative estimate of drug-likeness (QED) is 0.0776. The molecule has 0 aliphatic heterocycles. The van der Waals surface area contributed by atoms with E-state index in [0.717, 1.165) is 0 Å². The Bertz CT molecular complexity index is 820. The van der Waals surface area contributed by atoms with E-state index in [-0.39, 0.29) is 12.8 Å². The second kappa shape index (κ2) is 16.3. The second-order valence-corrected chi connectivity index (χ2v) is 9.60. The van der Waals surface area contributed by atoms with Crippen molar-refractivity contribution in [3.8, 4) is 0 Å². The predicted molar refractivity (Wildman–Crippen MR) is 125 cm³/mol. The van der Waals surface area contributed by atoms with Crippen molar-refractivity contribution in [3.63, 3.8) is 0 Å². The number of hydrogen-bond acceptors (Lipinski definition) is 4. The Morgan fingerprint density at radius 1 is 0.500 bits per heavy atom. The van der Waals surface area contributed by atoms with Crippen LogP contribution in [0.2, 0.25) is 0 Å². The molecule has 0 saturated heterocycles. The van der Waals surface area contributed by atoms with Crippen LogP contribution in [0.25, 0.3) is 0 Å². The van der Waals surface area contributed by atoms with Crippen LogP contribution < -0.4 is 0 Å². The first kappa shape index (κ1) is 40.1. The fraction of sp³-hybridized carbons (Fsp3) is 0.760. The van der Waals surface area contributed by atoms with Crippen molar-refractivity contribution in [2.45, 2.75) is 87.9 Å². The average Bonchev–Trinajstić information content (AvgIpc) is 2.73. The summed E-state index contributed by atoms with van der Waals surface area (Å²) in [5, 5.41) is 0. The van der Waals surface area contributed by atoms with E-state index in [0.29, 0.717) is 25.7 Å². The van der Waals surface area contributed by atoms with E-state index >= 15 is 0 Å². The summed E-state index contributed by atoms with van der Waals surface area (Å²) in [6.45, 7) is 2.31. The van der Waals surface area contributed by atoms with Gasteiger partial charge < -0.3 is 9.47 Å². The van der Waals surface area contributed by atoms with Crippen LogP contribution in [0.4, 0.5) is 57.1 Å². The van der Waals surface area contributed by atoms with Crippen molar-refractivity contribution in [3.05, 3.63) is 38.0 Å². The van der Waals surface area contributed by atoms with Crippen LogP contribution in [0, 0.1) is 5.41 Å². The summed E-state index contributed by atoms with van der Waals surface area (Å²) in [5.74, 6) is -8.53. The Kier molecular flexibility index (Phi) is 15.6. The minimum atomic E-state index is -5.89. The third kappa shape index (κ3) is 18.6. The molecule has 0 aliphatic carbocycles. The number of halogens is 13. The molecule has 248 valence electrons. The molecule has 0 radical (unpaired) electrons. The van der Waals surface area contributed by atoms with E-state index in [2.05, 4.69) is 38.7 Å². The van der Waals surface area contributed by atoms with Gasteiger partial charge in [0.25, 0.3) is 11.8 Å². The topological polar surface area (TPSA) is 36.9 Å². The van der Waals surface area contributed by atoms with E-state index in [4.69, 9.17) is 0 Å². The Morgan fingerprint density at radius 3 is 1.43 bits per heavy atom. The lowest BCUT2D eigenvalue weighted by atomic mass is 9.73. The predicted octanol–water partition coefficient (Wildman–Crippen LogP) is 9.29. The van der Waals surface area contributed by atoms with E-state index in [9.17, 15) is 57.1 Å². The number of hydrogen-bond donors (Lipinski definition) is 0. The van der Waals surface area contributed by atoms with Crippen LogP contribution >= 0.6 is 0 Å². The molecule has 0 rings (SSSR count). The second-order valence-electron chi connectivity index (χ2n) is 9.60. The number of alkyl halides is 13. The van der Waals surface area contributed by atoms with Crippen molar-refractivity contribution in [2.75, 3.05) is 26.4 Å². The van der Waals surface area contributed by atoms with Gasteiger partial charge in [0.15, 0.2) is 0 Å². The lowest BCUT2D eigenvalue weighted by Crippen LogP contribution is -2.43. The highest BCUT2D eigenvalue weighted by Gasteiger charge is 2.52. The van der Waals surface area contributed by atoms with Gasteiger partial charge in [0, 0.05) is 6.42 Å². The van der Waals surface area contributed by atoms with Crippen LogP contribution in [0.3, 0.4) is 0 Å². The van der Waals surface area contributed by atoms with Gasteiger partial charge in [-0.3, -0.25) is 4.74 Å². The molecule has 0 unspecified atom stereocenters. The summed E-state index contributed by atoms with van der Waals surface area (Å²) in [6, 6.07) is 0. The molecule has 0 spiro atoms. The molecular weight excluding hydrogens is 611 g/mol. The van der Waals surface area contributed by atoms with Crippen LogP contribution in [-0.4, -0.2) is 63.0 Å². The highest BCUT2D eigenvalue weighted by molar-refractivity contribution is 4.93. The zero-order valence-electron chi connectivity index (χ0n) is 22.4. The van der Waals surface area contributed by atoms with Crippen LogP contribution in [0.5, 0.6) is 0 Å². The van der Waals surface area contributed by atoms with E-state index < -0.39 is 81.2 Å². The first-order chi connectivity index (χ1) is 18.9. The zero-order chi connectivity index (χ0) is 32.9. The standard InChI is InChI=1S/C25H33F13O4/c1-4-7-11-19(9-5-2,10-6-3)12-8-13-20(26,27)15-39-17-23(32,33)41-22(30,31)14-21(28,29)16-40-18-24(34,35)42-25(36,37)38/h4-6H,1-3,7-18H2. The molecule has 0 N–H and O–H groups in total. The molecule has 0 aromatic carbocycles. The largest absolute Gasteiger partial charge is 0.527 e. The van der Waals surface area contributed by atoms with Crippen LogP contribution in [0.15, 0.2) is 38.0 Å². The Balaban J connectivity index is 4.85. The molecule has 0 aromatic heterocycles. The van der Waals surface area contributed by atoms with Gasteiger partial charge in [-0.25, -0.2) is 22.3 Å². The van der Waals surface area contributed by atoms with Crippen molar-refractivity contribution >= 4 is 0 Å². The summed E-state index contributed by atoms with van der Waals surface area (Å²) < 4.78 is 184. The fourth-order valence-corrected chi connectivity index (χ4v) is 3.90. The maximum Gasteiger partial charge on any atom is 0.527 e. The van der Waals surface area contributed by atoms with Crippen LogP contribution in [-0.2, 0) is 18.9 Å². The number of ether oxygens (including phenoxy) is 4. The molecule has 0 saturated carbocycles. The fourth-order valence-electron chi connectivity index (χ4n) is 3.90. The molecule has 17 heteroatoms. The molecule has 0 bridgehead atoms. The lowest BCUT2D eigenvalue weighted by Gasteiger charge is -2.32. The van der Waals surface area contributed by atoms with Crippen molar-refractivity contribution < 1.29 is 76.0 Å². The minimum Gasteiger partial charge on any atom is -0.366 e. The normalized spacial score (nSPS) is 14.2. The molecule has 0 atom stereocenters. The highest BCUT2D eigenvalue weighted by Crippen LogP contribution is 2.40. The zero-order valence-corrected chi connectivity index (χ0v) is 22.4.